The molecule has 2 saturated heterocycles. The Morgan fingerprint density at radius 3 is 1.39 bits per heavy atom. The summed E-state index contributed by atoms with van der Waals surface area (Å²) < 4.78 is 10.8. The first-order chi connectivity index (χ1) is 22.6. The van der Waals surface area contributed by atoms with Crippen molar-refractivity contribution < 1.29 is 19.1 Å². The molecule has 2 heterocycles. The summed E-state index contributed by atoms with van der Waals surface area (Å²) in [7, 11) is 3.42. The summed E-state index contributed by atoms with van der Waals surface area (Å²) in [5.41, 5.74) is 2.35. The number of carbonyl (C=O) groups excluding carboxylic acids is 2. The number of hydrogen-bond donors (Lipinski definition) is 2. The molecular formula is C38H58N4O4. The summed E-state index contributed by atoms with van der Waals surface area (Å²) in [6.45, 7) is 7.11. The van der Waals surface area contributed by atoms with Gasteiger partial charge >= 0.3 is 0 Å². The van der Waals surface area contributed by atoms with E-state index >= 15 is 0 Å². The van der Waals surface area contributed by atoms with E-state index in [0.29, 0.717) is 36.5 Å². The topological polar surface area (TPSA) is 83.1 Å². The zero-order valence-corrected chi connectivity index (χ0v) is 28.4. The van der Waals surface area contributed by atoms with Crippen LogP contribution < -0.4 is 20.1 Å². The molecule has 46 heavy (non-hydrogen) atoms. The van der Waals surface area contributed by atoms with Crippen LogP contribution in [0.1, 0.15) is 88.2 Å². The first kappa shape index (κ1) is 35.7. The molecule has 0 saturated carbocycles. The Morgan fingerprint density at radius 1 is 0.609 bits per heavy atom. The van der Waals surface area contributed by atoms with Crippen LogP contribution in [0.5, 0.6) is 11.5 Å². The maximum atomic E-state index is 12.8. The van der Waals surface area contributed by atoms with Crippen LogP contribution >= 0.6 is 0 Å². The molecule has 0 aliphatic carbocycles. The van der Waals surface area contributed by atoms with Crippen molar-refractivity contribution in [2.75, 3.05) is 53.5 Å². The number of benzene rings is 2. The van der Waals surface area contributed by atoms with E-state index in [2.05, 4.69) is 32.6 Å². The summed E-state index contributed by atoms with van der Waals surface area (Å²) in [6, 6.07) is 16.2. The SMILES string of the molecule is COc1ccccc1CNCCCCCC(=O)N1CCC(C2CCN(C(=O)CCCCCNCc3ccccc3OC)CC2)CC1. The number of piperidine rings is 2. The number of unbranched alkanes of at least 4 members (excludes halogenated alkanes) is 4. The lowest BCUT2D eigenvalue weighted by Crippen LogP contribution is -2.44. The van der Waals surface area contributed by atoms with Crippen molar-refractivity contribution >= 4 is 11.8 Å². The molecule has 8 heteroatoms. The standard InChI is InChI=1S/C38H58N4O4/c1-45-35-15-9-7-13-33(35)29-39-23-11-3-5-17-37(43)41-25-19-31(20-26-41)32-21-27-42(28-22-32)38(44)18-6-4-12-24-40-30-34-14-8-10-16-36(34)46-2/h7-10,13-16,31-32,39-40H,3-6,11-12,17-30H2,1-2H3. The maximum Gasteiger partial charge on any atom is 0.222 e. The number of rotatable bonds is 19. The highest BCUT2D eigenvalue weighted by Crippen LogP contribution is 2.33. The maximum absolute atomic E-state index is 12.8. The zero-order valence-electron chi connectivity index (χ0n) is 28.4. The Hall–Kier alpha value is -3.10. The van der Waals surface area contributed by atoms with E-state index in [1.807, 2.05) is 36.4 Å². The van der Waals surface area contributed by atoms with Crippen molar-refractivity contribution in [2.24, 2.45) is 11.8 Å². The Morgan fingerprint density at radius 2 is 1.00 bits per heavy atom. The summed E-state index contributed by atoms with van der Waals surface area (Å²) in [4.78, 5) is 29.9. The van der Waals surface area contributed by atoms with Gasteiger partial charge < -0.3 is 29.9 Å². The number of hydrogen-bond acceptors (Lipinski definition) is 6. The van der Waals surface area contributed by atoms with Crippen LogP contribution in [-0.2, 0) is 22.7 Å². The van der Waals surface area contributed by atoms with Crippen LogP contribution in [0, 0.1) is 11.8 Å². The van der Waals surface area contributed by atoms with Crippen molar-refractivity contribution in [3.8, 4) is 11.5 Å². The second kappa shape index (κ2) is 20.2. The predicted octanol–water partition coefficient (Wildman–Crippen LogP) is 6.18. The molecule has 0 radical (unpaired) electrons. The minimum Gasteiger partial charge on any atom is -0.496 e. The van der Waals surface area contributed by atoms with Crippen LogP contribution in [0.2, 0.25) is 0 Å². The molecule has 2 aliphatic heterocycles. The Balaban J connectivity index is 0.986. The fourth-order valence-corrected chi connectivity index (χ4v) is 7.11. The monoisotopic (exact) mass is 634 g/mol. The number of carbonyl (C=O) groups is 2. The highest BCUT2D eigenvalue weighted by Gasteiger charge is 2.31. The van der Waals surface area contributed by atoms with Crippen LogP contribution in [-0.4, -0.2) is 75.1 Å². The number of methoxy groups -OCH3 is 2. The largest absolute Gasteiger partial charge is 0.496 e. The van der Waals surface area contributed by atoms with Crippen molar-refractivity contribution in [3.63, 3.8) is 0 Å². The quantitative estimate of drug-likeness (QED) is 0.180. The van der Waals surface area contributed by atoms with E-state index in [0.717, 1.165) is 128 Å². The fraction of sp³-hybridized carbons (Fsp3) is 0.632. The first-order valence-electron chi connectivity index (χ1n) is 17.8. The third-order valence-electron chi connectivity index (χ3n) is 9.96. The normalized spacial score (nSPS) is 16.0. The molecular weight excluding hydrogens is 576 g/mol. The predicted molar refractivity (Wildman–Crippen MR) is 185 cm³/mol. The van der Waals surface area contributed by atoms with Gasteiger partial charge in [-0.05, 0) is 88.4 Å². The number of ether oxygens (including phenoxy) is 2. The van der Waals surface area contributed by atoms with Gasteiger partial charge in [0.2, 0.25) is 11.8 Å². The summed E-state index contributed by atoms with van der Waals surface area (Å²) in [5.74, 6) is 3.89. The number of para-hydroxylation sites is 2. The van der Waals surface area contributed by atoms with Crippen molar-refractivity contribution in [1.29, 1.82) is 0 Å². The van der Waals surface area contributed by atoms with Gasteiger partial charge in [0.05, 0.1) is 14.2 Å². The molecule has 8 nitrogen and oxygen atoms in total. The highest BCUT2D eigenvalue weighted by molar-refractivity contribution is 5.76. The fourth-order valence-electron chi connectivity index (χ4n) is 7.11. The number of amides is 2. The van der Waals surface area contributed by atoms with Gasteiger partial charge in [0.1, 0.15) is 11.5 Å². The van der Waals surface area contributed by atoms with E-state index in [4.69, 9.17) is 9.47 Å². The Bertz CT molecular complexity index is 1080. The van der Waals surface area contributed by atoms with E-state index < -0.39 is 0 Å². The summed E-state index contributed by atoms with van der Waals surface area (Å²) in [6.07, 6.45) is 12.0. The molecule has 0 unspecified atom stereocenters. The molecule has 2 aliphatic rings. The molecule has 0 aromatic heterocycles. The third-order valence-corrected chi connectivity index (χ3v) is 9.96. The van der Waals surface area contributed by atoms with Gasteiger partial charge in [-0.3, -0.25) is 9.59 Å². The Kier molecular flexibility index (Phi) is 15.7. The molecule has 0 atom stereocenters. The average molecular weight is 635 g/mol. The molecule has 2 amide bonds. The van der Waals surface area contributed by atoms with Gasteiger partial charge in [0, 0.05) is 63.2 Å². The summed E-state index contributed by atoms with van der Waals surface area (Å²) >= 11 is 0. The molecule has 0 bridgehead atoms. The van der Waals surface area contributed by atoms with Crippen LogP contribution in [0.15, 0.2) is 48.5 Å². The second-order valence-corrected chi connectivity index (χ2v) is 13.0. The number of nitrogens with zero attached hydrogens (tertiary/aromatic N) is 2. The second-order valence-electron chi connectivity index (χ2n) is 13.0. The van der Waals surface area contributed by atoms with Gasteiger partial charge in [-0.2, -0.15) is 0 Å². The minimum absolute atomic E-state index is 0.327. The third kappa shape index (κ3) is 11.6. The van der Waals surface area contributed by atoms with Crippen LogP contribution in [0.25, 0.3) is 0 Å². The smallest absolute Gasteiger partial charge is 0.222 e. The molecule has 0 spiro atoms. The lowest BCUT2D eigenvalue weighted by atomic mass is 9.78. The lowest BCUT2D eigenvalue weighted by molar-refractivity contribution is -0.135. The lowest BCUT2D eigenvalue weighted by Gasteiger charge is -2.40. The van der Waals surface area contributed by atoms with E-state index in [1.54, 1.807) is 14.2 Å². The van der Waals surface area contributed by atoms with Crippen LogP contribution in [0.3, 0.4) is 0 Å². The van der Waals surface area contributed by atoms with E-state index in [1.165, 1.54) is 11.1 Å². The van der Waals surface area contributed by atoms with Gasteiger partial charge in [-0.25, -0.2) is 0 Å². The van der Waals surface area contributed by atoms with Gasteiger partial charge in [-0.15, -0.1) is 0 Å². The van der Waals surface area contributed by atoms with Crippen molar-refractivity contribution in [1.82, 2.24) is 20.4 Å². The Labute approximate surface area is 277 Å². The number of likely N-dealkylation sites (tertiary alicyclic amines) is 2. The average Bonchev–Trinajstić information content (AvgIpc) is 3.11. The van der Waals surface area contributed by atoms with E-state index in [9.17, 15) is 9.59 Å². The van der Waals surface area contributed by atoms with E-state index in [-0.39, 0.29) is 0 Å². The van der Waals surface area contributed by atoms with Gasteiger partial charge in [0.15, 0.2) is 0 Å². The number of nitrogens with one attached hydrogen (secondary N) is 2. The molecule has 2 aromatic rings. The molecule has 2 aromatic carbocycles. The van der Waals surface area contributed by atoms with Crippen molar-refractivity contribution in [3.05, 3.63) is 59.7 Å². The van der Waals surface area contributed by atoms with Gasteiger partial charge in [-0.1, -0.05) is 49.2 Å². The first-order valence-corrected chi connectivity index (χ1v) is 17.8. The molecule has 2 fully saturated rings. The summed E-state index contributed by atoms with van der Waals surface area (Å²) in [5, 5.41) is 6.99. The minimum atomic E-state index is 0.327. The highest BCUT2D eigenvalue weighted by atomic mass is 16.5. The molecule has 4 rings (SSSR count). The van der Waals surface area contributed by atoms with Crippen molar-refractivity contribution in [2.45, 2.75) is 90.1 Å². The molecule has 254 valence electrons. The van der Waals surface area contributed by atoms with Gasteiger partial charge in [0.25, 0.3) is 0 Å². The zero-order chi connectivity index (χ0) is 32.4. The van der Waals surface area contributed by atoms with Crippen LogP contribution in [0.4, 0.5) is 0 Å². The molecule has 2 N–H and O–H groups in total.